The standard InChI is InChI=1S/C14H17Cl2NO3/c1-8-4-10(16)11(5-9(8)15)17-12(18)6-14(2,3)7-13(19)20/h4-5H,6-7H2,1-3H3,(H,17,18)(H,19,20). The fourth-order valence-electron chi connectivity index (χ4n) is 1.84. The summed E-state index contributed by atoms with van der Waals surface area (Å²) in [6, 6.07) is 3.25. The summed E-state index contributed by atoms with van der Waals surface area (Å²) in [5.74, 6) is -1.22. The second-order valence-corrected chi connectivity index (χ2v) is 6.36. The van der Waals surface area contributed by atoms with E-state index < -0.39 is 11.4 Å². The first-order chi connectivity index (χ1) is 9.10. The van der Waals surface area contributed by atoms with Gasteiger partial charge in [0.2, 0.25) is 5.91 Å². The van der Waals surface area contributed by atoms with Gasteiger partial charge in [0.25, 0.3) is 0 Å². The number of carbonyl (C=O) groups excluding carboxylic acids is 1. The molecule has 0 aromatic heterocycles. The quantitative estimate of drug-likeness (QED) is 0.858. The van der Waals surface area contributed by atoms with Crippen LogP contribution in [0.2, 0.25) is 10.0 Å². The number of carboxylic acids is 1. The molecule has 0 atom stereocenters. The van der Waals surface area contributed by atoms with Crippen LogP contribution in [-0.2, 0) is 9.59 Å². The van der Waals surface area contributed by atoms with Gasteiger partial charge in [0.05, 0.1) is 17.1 Å². The molecule has 1 aromatic rings. The Hall–Kier alpha value is -1.26. The molecule has 110 valence electrons. The first kappa shape index (κ1) is 16.8. The third kappa shape index (κ3) is 5.02. The number of halogens is 2. The maximum atomic E-state index is 12.0. The van der Waals surface area contributed by atoms with Gasteiger partial charge in [0.15, 0.2) is 0 Å². The molecule has 0 spiro atoms. The molecule has 0 unspecified atom stereocenters. The molecule has 1 amide bonds. The van der Waals surface area contributed by atoms with Gasteiger partial charge in [-0.25, -0.2) is 0 Å². The Morgan fingerprint density at radius 3 is 2.35 bits per heavy atom. The average molecular weight is 318 g/mol. The summed E-state index contributed by atoms with van der Waals surface area (Å²) in [5.41, 5.74) is 0.621. The number of amides is 1. The van der Waals surface area contributed by atoms with Crippen LogP contribution in [0, 0.1) is 12.3 Å². The Bertz CT molecular complexity index is 541. The van der Waals surface area contributed by atoms with Crippen molar-refractivity contribution in [3.05, 3.63) is 27.7 Å². The van der Waals surface area contributed by atoms with Crippen LogP contribution < -0.4 is 5.32 Å². The van der Waals surface area contributed by atoms with Gasteiger partial charge in [-0.2, -0.15) is 0 Å². The number of carboxylic acid groups (broad SMARTS) is 1. The average Bonchev–Trinajstić information content (AvgIpc) is 2.22. The molecule has 0 saturated carbocycles. The van der Waals surface area contributed by atoms with Gasteiger partial charge in [0, 0.05) is 11.4 Å². The molecule has 1 rings (SSSR count). The summed E-state index contributed by atoms with van der Waals surface area (Å²) in [4.78, 5) is 22.7. The lowest BCUT2D eigenvalue weighted by molar-refractivity contribution is -0.139. The minimum Gasteiger partial charge on any atom is -0.481 e. The molecule has 0 fully saturated rings. The maximum Gasteiger partial charge on any atom is 0.303 e. The van der Waals surface area contributed by atoms with Crippen molar-refractivity contribution in [1.29, 1.82) is 0 Å². The van der Waals surface area contributed by atoms with E-state index in [1.54, 1.807) is 26.0 Å². The Morgan fingerprint density at radius 2 is 1.80 bits per heavy atom. The van der Waals surface area contributed by atoms with E-state index in [0.29, 0.717) is 15.7 Å². The lowest BCUT2D eigenvalue weighted by atomic mass is 9.85. The molecule has 0 radical (unpaired) electrons. The van der Waals surface area contributed by atoms with Gasteiger partial charge in [-0.1, -0.05) is 37.0 Å². The second-order valence-electron chi connectivity index (χ2n) is 5.54. The first-order valence-electron chi connectivity index (χ1n) is 6.08. The summed E-state index contributed by atoms with van der Waals surface area (Å²) >= 11 is 12.0. The third-order valence-corrected chi connectivity index (χ3v) is 3.51. The highest BCUT2D eigenvalue weighted by atomic mass is 35.5. The molecule has 6 heteroatoms. The third-order valence-electron chi connectivity index (χ3n) is 2.79. The number of rotatable bonds is 5. The van der Waals surface area contributed by atoms with Crippen LogP contribution >= 0.6 is 23.2 Å². The van der Waals surface area contributed by atoms with Crippen LogP contribution in [-0.4, -0.2) is 17.0 Å². The van der Waals surface area contributed by atoms with Gasteiger partial charge in [-0.3, -0.25) is 9.59 Å². The number of hydrogen-bond donors (Lipinski definition) is 2. The first-order valence-corrected chi connectivity index (χ1v) is 6.83. The number of aryl methyl sites for hydroxylation is 1. The molecule has 2 N–H and O–H groups in total. The van der Waals surface area contributed by atoms with Crippen molar-refractivity contribution < 1.29 is 14.7 Å². The smallest absolute Gasteiger partial charge is 0.303 e. The van der Waals surface area contributed by atoms with E-state index >= 15 is 0 Å². The molecule has 0 aliphatic carbocycles. The number of hydrogen-bond acceptors (Lipinski definition) is 2. The molecule has 0 heterocycles. The Kier molecular flexibility index (Phi) is 5.42. The van der Waals surface area contributed by atoms with Gasteiger partial charge >= 0.3 is 5.97 Å². The molecule has 20 heavy (non-hydrogen) atoms. The van der Waals surface area contributed by atoms with E-state index in [4.69, 9.17) is 28.3 Å². The highest BCUT2D eigenvalue weighted by Crippen LogP contribution is 2.30. The highest BCUT2D eigenvalue weighted by Gasteiger charge is 2.25. The fourth-order valence-corrected chi connectivity index (χ4v) is 2.27. The topological polar surface area (TPSA) is 66.4 Å². The van der Waals surface area contributed by atoms with Crippen LogP contribution in [0.25, 0.3) is 0 Å². The SMILES string of the molecule is Cc1cc(Cl)c(NC(=O)CC(C)(C)CC(=O)O)cc1Cl. The van der Waals surface area contributed by atoms with E-state index in [9.17, 15) is 9.59 Å². The molecule has 4 nitrogen and oxygen atoms in total. The summed E-state index contributed by atoms with van der Waals surface area (Å²) < 4.78 is 0. The minimum atomic E-state index is -0.931. The van der Waals surface area contributed by atoms with Crippen LogP contribution in [0.1, 0.15) is 32.3 Å². The maximum absolute atomic E-state index is 12.0. The van der Waals surface area contributed by atoms with Crippen molar-refractivity contribution in [3.63, 3.8) is 0 Å². The van der Waals surface area contributed by atoms with Gasteiger partial charge in [-0.15, -0.1) is 0 Å². The number of benzene rings is 1. The summed E-state index contributed by atoms with van der Waals surface area (Å²) in [7, 11) is 0. The van der Waals surface area contributed by atoms with Crippen LogP contribution in [0.15, 0.2) is 12.1 Å². The van der Waals surface area contributed by atoms with Crippen molar-refractivity contribution in [2.24, 2.45) is 5.41 Å². The molecule has 0 saturated heterocycles. The number of aliphatic carboxylic acids is 1. The zero-order chi connectivity index (χ0) is 15.5. The van der Waals surface area contributed by atoms with E-state index in [-0.39, 0.29) is 18.7 Å². The van der Waals surface area contributed by atoms with Crippen LogP contribution in [0.5, 0.6) is 0 Å². The second kappa shape index (κ2) is 6.46. The van der Waals surface area contributed by atoms with Crippen molar-refractivity contribution in [1.82, 2.24) is 0 Å². The number of anilines is 1. The molecule has 0 aliphatic rings. The molecule has 0 aliphatic heterocycles. The van der Waals surface area contributed by atoms with Crippen molar-refractivity contribution in [3.8, 4) is 0 Å². The van der Waals surface area contributed by atoms with E-state index in [1.807, 2.05) is 6.92 Å². The number of nitrogens with one attached hydrogen (secondary N) is 1. The van der Waals surface area contributed by atoms with Gasteiger partial charge < -0.3 is 10.4 Å². The molecule has 0 bridgehead atoms. The summed E-state index contributed by atoms with van der Waals surface area (Å²) in [5, 5.41) is 12.4. The van der Waals surface area contributed by atoms with Crippen molar-refractivity contribution in [2.75, 3.05) is 5.32 Å². The van der Waals surface area contributed by atoms with Gasteiger partial charge in [-0.05, 0) is 30.0 Å². The monoisotopic (exact) mass is 317 g/mol. The summed E-state index contributed by atoms with van der Waals surface area (Å²) in [6.07, 6.45) is 0.00390. The van der Waals surface area contributed by atoms with E-state index in [1.165, 1.54) is 0 Å². The predicted molar refractivity (Wildman–Crippen MR) is 80.5 cm³/mol. The lowest BCUT2D eigenvalue weighted by Crippen LogP contribution is -2.24. The fraction of sp³-hybridized carbons (Fsp3) is 0.429. The molecule has 1 aromatic carbocycles. The predicted octanol–water partition coefficient (Wildman–Crippen LogP) is 4.13. The Morgan fingerprint density at radius 1 is 1.20 bits per heavy atom. The Balaban J connectivity index is 2.77. The van der Waals surface area contributed by atoms with Crippen LogP contribution in [0.3, 0.4) is 0 Å². The molecular weight excluding hydrogens is 301 g/mol. The Labute approximate surface area is 128 Å². The van der Waals surface area contributed by atoms with Crippen LogP contribution in [0.4, 0.5) is 5.69 Å². The largest absolute Gasteiger partial charge is 0.481 e. The lowest BCUT2D eigenvalue weighted by Gasteiger charge is -2.21. The van der Waals surface area contributed by atoms with Gasteiger partial charge in [0.1, 0.15) is 0 Å². The van der Waals surface area contributed by atoms with Crippen molar-refractivity contribution >= 4 is 40.8 Å². The molecular formula is C14H17Cl2NO3. The zero-order valence-corrected chi connectivity index (χ0v) is 13.1. The summed E-state index contributed by atoms with van der Waals surface area (Å²) in [6.45, 7) is 5.27. The highest BCUT2D eigenvalue weighted by molar-refractivity contribution is 6.36. The zero-order valence-electron chi connectivity index (χ0n) is 11.6. The van der Waals surface area contributed by atoms with E-state index in [0.717, 1.165) is 5.56 Å². The van der Waals surface area contributed by atoms with Crippen molar-refractivity contribution in [2.45, 2.75) is 33.6 Å². The minimum absolute atomic E-state index is 0.0805. The normalized spacial score (nSPS) is 11.2. The van der Waals surface area contributed by atoms with E-state index in [2.05, 4.69) is 5.32 Å². The number of carbonyl (C=O) groups is 2.